The summed E-state index contributed by atoms with van der Waals surface area (Å²) in [6, 6.07) is 6.73. The van der Waals surface area contributed by atoms with Crippen molar-refractivity contribution in [2.75, 3.05) is 11.4 Å². The third kappa shape index (κ3) is 5.59. The average molecular weight is 321 g/mol. The lowest BCUT2D eigenvalue weighted by Crippen LogP contribution is -2.51. The van der Waals surface area contributed by atoms with Crippen LogP contribution in [0.1, 0.15) is 19.8 Å². The lowest BCUT2D eigenvalue weighted by molar-refractivity contribution is -0.140. The number of nitrogens with two attached hydrogens (primary N) is 2. The van der Waals surface area contributed by atoms with Gasteiger partial charge in [0.05, 0.1) is 6.04 Å². The minimum atomic E-state index is -1.11. The first-order valence-corrected chi connectivity index (χ1v) is 7.29. The van der Waals surface area contributed by atoms with Crippen LogP contribution in [0.4, 0.5) is 5.69 Å². The summed E-state index contributed by atoms with van der Waals surface area (Å²) in [5, 5.41) is 19.2. The fourth-order valence-corrected chi connectivity index (χ4v) is 2.15. The SMILES string of the molecule is CC(N)C(=O)N(c1ccccc1)C(CCCNC(=N)N)C(=O)O. The normalized spacial score (nSPS) is 13.0. The number of anilines is 1. The van der Waals surface area contributed by atoms with Crippen molar-refractivity contribution in [2.45, 2.75) is 31.8 Å². The second kappa shape index (κ2) is 8.74. The van der Waals surface area contributed by atoms with Crippen molar-refractivity contribution in [1.82, 2.24) is 5.32 Å². The van der Waals surface area contributed by atoms with Gasteiger partial charge in [-0.15, -0.1) is 0 Å². The number of carbonyl (C=O) groups excluding carboxylic acids is 1. The molecule has 1 rings (SSSR count). The van der Waals surface area contributed by atoms with Gasteiger partial charge in [0.2, 0.25) is 5.91 Å². The van der Waals surface area contributed by atoms with Gasteiger partial charge in [0.1, 0.15) is 6.04 Å². The zero-order chi connectivity index (χ0) is 17.4. The molecule has 0 aliphatic heterocycles. The Labute approximate surface area is 135 Å². The van der Waals surface area contributed by atoms with Gasteiger partial charge in [-0.25, -0.2) is 4.79 Å². The van der Waals surface area contributed by atoms with Gasteiger partial charge in [-0.3, -0.25) is 15.1 Å². The Morgan fingerprint density at radius 3 is 2.43 bits per heavy atom. The van der Waals surface area contributed by atoms with Gasteiger partial charge in [0.15, 0.2) is 5.96 Å². The van der Waals surface area contributed by atoms with Crippen molar-refractivity contribution in [1.29, 1.82) is 5.41 Å². The van der Waals surface area contributed by atoms with Crippen LogP contribution in [0.2, 0.25) is 0 Å². The van der Waals surface area contributed by atoms with E-state index in [9.17, 15) is 14.7 Å². The average Bonchev–Trinajstić information content (AvgIpc) is 2.50. The van der Waals surface area contributed by atoms with Gasteiger partial charge in [0, 0.05) is 12.2 Å². The highest BCUT2D eigenvalue weighted by molar-refractivity contribution is 6.01. The second-order valence-electron chi connectivity index (χ2n) is 5.17. The lowest BCUT2D eigenvalue weighted by Gasteiger charge is -2.30. The van der Waals surface area contributed by atoms with Crippen LogP contribution in [0.5, 0.6) is 0 Å². The molecule has 23 heavy (non-hydrogen) atoms. The van der Waals surface area contributed by atoms with Crippen molar-refractivity contribution < 1.29 is 14.7 Å². The van der Waals surface area contributed by atoms with Crippen LogP contribution >= 0.6 is 0 Å². The number of guanidine groups is 1. The predicted molar refractivity (Wildman–Crippen MR) is 88.2 cm³/mol. The number of amides is 1. The fraction of sp³-hybridized carbons (Fsp3) is 0.400. The van der Waals surface area contributed by atoms with Gasteiger partial charge in [-0.2, -0.15) is 0 Å². The third-order valence-corrected chi connectivity index (χ3v) is 3.23. The van der Waals surface area contributed by atoms with Crippen LogP contribution < -0.4 is 21.7 Å². The summed E-state index contributed by atoms with van der Waals surface area (Å²) in [5.41, 5.74) is 11.3. The third-order valence-electron chi connectivity index (χ3n) is 3.23. The van der Waals surface area contributed by atoms with Crippen molar-refractivity contribution >= 4 is 23.5 Å². The van der Waals surface area contributed by atoms with E-state index in [0.717, 1.165) is 0 Å². The van der Waals surface area contributed by atoms with Gasteiger partial charge in [-0.05, 0) is 31.9 Å². The molecule has 7 N–H and O–H groups in total. The summed E-state index contributed by atoms with van der Waals surface area (Å²) in [5.74, 6) is -1.74. The summed E-state index contributed by atoms with van der Waals surface area (Å²) < 4.78 is 0. The van der Waals surface area contributed by atoms with Crippen LogP contribution in [0.15, 0.2) is 30.3 Å². The number of carbonyl (C=O) groups is 2. The minimum Gasteiger partial charge on any atom is -0.480 e. The number of nitrogens with one attached hydrogen (secondary N) is 2. The molecule has 126 valence electrons. The smallest absolute Gasteiger partial charge is 0.326 e. The van der Waals surface area contributed by atoms with Crippen molar-refractivity contribution in [3.05, 3.63) is 30.3 Å². The number of para-hydroxylation sites is 1. The molecular formula is C15H23N5O3. The Hall–Kier alpha value is -2.61. The van der Waals surface area contributed by atoms with Crippen molar-refractivity contribution in [2.24, 2.45) is 11.5 Å². The molecule has 0 saturated carbocycles. The number of benzene rings is 1. The Morgan fingerprint density at radius 1 is 1.35 bits per heavy atom. The molecule has 1 amide bonds. The van der Waals surface area contributed by atoms with E-state index in [2.05, 4.69) is 5.32 Å². The summed E-state index contributed by atoms with van der Waals surface area (Å²) in [7, 11) is 0. The van der Waals surface area contributed by atoms with Crippen LogP contribution in [0, 0.1) is 5.41 Å². The Balaban J connectivity index is 2.97. The van der Waals surface area contributed by atoms with Crippen LogP contribution in [0.25, 0.3) is 0 Å². The number of rotatable bonds is 8. The fourth-order valence-electron chi connectivity index (χ4n) is 2.15. The molecule has 0 aromatic heterocycles. The summed E-state index contributed by atoms with van der Waals surface area (Å²) in [6.45, 7) is 1.88. The maximum Gasteiger partial charge on any atom is 0.326 e. The molecule has 8 nitrogen and oxygen atoms in total. The Morgan fingerprint density at radius 2 is 1.96 bits per heavy atom. The number of hydrogen-bond acceptors (Lipinski definition) is 4. The van der Waals surface area contributed by atoms with Crippen LogP contribution in [0.3, 0.4) is 0 Å². The highest BCUT2D eigenvalue weighted by Crippen LogP contribution is 2.20. The van der Waals surface area contributed by atoms with E-state index in [1.54, 1.807) is 30.3 Å². The molecule has 2 unspecified atom stereocenters. The van der Waals surface area contributed by atoms with Crippen molar-refractivity contribution in [3.63, 3.8) is 0 Å². The first-order chi connectivity index (χ1) is 10.8. The van der Waals surface area contributed by atoms with E-state index in [1.165, 1.54) is 11.8 Å². The molecule has 1 aromatic rings. The highest BCUT2D eigenvalue weighted by Gasteiger charge is 2.32. The molecular weight excluding hydrogens is 298 g/mol. The zero-order valence-electron chi connectivity index (χ0n) is 13.0. The summed E-state index contributed by atoms with van der Waals surface area (Å²) >= 11 is 0. The van der Waals surface area contributed by atoms with E-state index in [-0.39, 0.29) is 12.4 Å². The van der Waals surface area contributed by atoms with Gasteiger partial charge >= 0.3 is 5.97 Å². The molecule has 0 radical (unpaired) electrons. The summed E-state index contributed by atoms with van der Waals surface area (Å²) in [6.07, 6.45) is 0.648. The van der Waals surface area contributed by atoms with E-state index in [0.29, 0.717) is 18.7 Å². The topological polar surface area (TPSA) is 146 Å². The monoisotopic (exact) mass is 321 g/mol. The largest absolute Gasteiger partial charge is 0.480 e. The molecule has 1 aromatic carbocycles. The molecule has 0 spiro atoms. The minimum absolute atomic E-state index is 0.177. The molecule has 0 aliphatic carbocycles. The number of aliphatic carboxylic acids is 1. The molecule has 0 aliphatic rings. The first kappa shape index (κ1) is 18.4. The predicted octanol–water partition coefficient (Wildman–Crippen LogP) is 0.0833. The van der Waals surface area contributed by atoms with Gasteiger partial charge in [0.25, 0.3) is 0 Å². The van der Waals surface area contributed by atoms with E-state index < -0.39 is 24.0 Å². The standard InChI is InChI=1S/C15H23N5O3/c1-10(16)13(21)20(11-6-3-2-4-7-11)12(14(22)23)8-5-9-19-15(17)18/h2-4,6-7,10,12H,5,8-9,16H2,1H3,(H,22,23)(H4,17,18,19). The number of hydrogen-bond donors (Lipinski definition) is 5. The van der Waals surface area contributed by atoms with Crippen LogP contribution in [-0.2, 0) is 9.59 Å². The van der Waals surface area contributed by atoms with E-state index in [1.807, 2.05) is 0 Å². The second-order valence-corrected chi connectivity index (χ2v) is 5.17. The quantitative estimate of drug-likeness (QED) is 0.260. The van der Waals surface area contributed by atoms with Gasteiger partial charge in [-0.1, -0.05) is 18.2 Å². The molecule has 0 saturated heterocycles. The number of carboxylic acids is 1. The first-order valence-electron chi connectivity index (χ1n) is 7.29. The van der Waals surface area contributed by atoms with Crippen LogP contribution in [-0.4, -0.2) is 41.6 Å². The van der Waals surface area contributed by atoms with Crippen molar-refractivity contribution in [3.8, 4) is 0 Å². The Bertz CT molecular complexity index is 547. The molecule has 2 atom stereocenters. The maximum atomic E-state index is 12.4. The molecule has 8 heteroatoms. The lowest BCUT2D eigenvalue weighted by atomic mass is 10.1. The summed E-state index contributed by atoms with van der Waals surface area (Å²) in [4.78, 5) is 25.3. The Kier molecular flexibility index (Phi) is 7.01. The number of carboxylic acid groups (broad SMARTS) is 1. The zero-order valence-corrected chi connectivity index (χ0v) is 13.0. The maximum absolute atomic E-state index is 12.4. The van der Waals surface area contributed by atoms with Gasteiger partial charge < -0.3 is 21.9 Å². The number of nitrogens with zero attached hydrogens (tertiary/aromatic N) is 1. The van der Waals surface area contributed by atoms with E-state index in [4.69, 9.17) is 16.9 Å². The molecule has 0 fully saturated rings. The molecule has 0 bridgehead atoms. The molecule has 0 heterocycles. The van der Waals surface area contributed by atoms with E-state index >= 15 is 0 Å². The highest BCUT2D eigenvalue weighted by atomic mass is 16.4.